The first kappa shape index (κ1) is 16.8. The molecule has 6 nitrogen and oxygen atoms in total. The molecule has 0 radical (unpaired) electrons. The number of nitrogens with one attached hydrogen (secondary N) is 1. The molecule has 0 spiro atoms. The maximum absolute atomic E-state index is 12.6. The second-order valence-electron chi connectivity index (χ2n) is 6.13. The van der Waals surface area contributed by atoms with Crippen molar-refractivity contribution in [1.29, 1.82) is 0 Å². The summed E-state index contributed by atoms with van der Waals surface area (Å²) in [7, 11) is 0. The average Bonchev–Trinajstić information content (AvgIpc) is 3.11. The van der Waals surface area contributed by atoms with Gasteiger partial charge in [0.05, 0.1) is 11.2 Å². The smallest absolute Gasteiger partial charge is 0.276 e. The third-order valence-electron chi connectivity index (χ3n) is 4.41. The number of hydrogen-bond acceptors (Lipinski definition) is 3. The molecule has 4 aromatic rings. The van der Waals surface area contributed by atoms with Gasteiger partial charge in [0.15, 0.2) is 0 Å². The predicted molar refractivity (Wildman–Crippen MR) is 105 cm³/mol. The van der Waals surface area contributed by atoms with E-state index in [9.17, 15) is 9.59 Å². The number of benzene rings is 2. The van der Waals surface area contributed by atoms with E-state index in [1.807, 2.05) is 48.7 Å². The van der Waals surface area contributed by atoms with Gasteiger partial charge in [-0.15, -0.1) is 0 Å². The largest absolute Gasteiger partial charge is 0.348 e. The normalized spacial score (nSPS) is 10.9. The maximum Gasteiger partial charge on any atom is 0.276 e. The van der Waals surface area contributed by atoms with Crippen LogP contribution < -0.4 is 10.9 Å². The van der Waals surface area contributed by atoms with Gasteiger partial charge in [-0.25, -0.2) is 0 Å². The van der Waals surface area contributed by atoms with Crippen LogP contribution in [0.5, 0.6) is 0 Å². The molecule has 2 heterocycles. The molecule has 27 heavy (non-hydrogen) atoms. The van der Waals surface area contributed by atoms with Gasteiger partial charge in [0, 0.05) is 24.5 Å². The lowest BCUT2D eigenvalue weighted by Gasteiger charge is -2.09. The van der Waals surface area contributed by atoms with Gasteiger partial charge in [-0.1, -0.05) is 24.3 Å². The highest BCUT2D eigenvalue weighted by Crippen LogP contribution is 2.21. The van der Waals surface area contributed by atoms with E-state index in [2.05, 4.69) is 21.9 Å². The lowest BCUT2D eigenvalue weighted by molar-refractivity contribution is 0.102. The fourth-order valence-corrected chi connectivity index (χ4v) is 3.02. The van der Waals surface area contributed by atoms with Gasteiger partial charge >= 0.3 is 0 Å². The highest BCUT2D eigenvalue weighted by Gasteiger charge is 2.12. The van der Waals surface area contributed by atoms with Crippen LogP contribution in [0.2, 0.25) is 0 Å². The predicted octanol–water partition coefficient (Wildman–Crippen LogP) is 3.46. The molecule has 0 unspecified atom stereocenters. The van der Waals surface area contributed by atoms with Crippen LogP contribution in [-0.4, -0.2) is 20.3 Å². The van der Waals surface area contributed by atoms with Gasteiger partial charge in [0.2, 0.25) is 0 Å². The minimum atomic E-state index is -0.367. The van der Waals surface area contributed by atoms with Crippen molar-refractivity contribution in [1.82, 2.24) is 14.3 Å². The van der Waals surface area contributed by atoms with Gasteiger partial charge in [0.25, 0.3) is 11.5 Å². The van der Waals surface area contributed by atoms with E-state index >= 15 is 0 Å². The Labute approximate surface area is 155 Å². The van der Waals surface area contributed by atoms with Crippen LogP contribution in [-0.2, 0) is 6.54 Å². The summed E-state index contributed by atoms with van der Waals surface area (Å²) in [6.07, 6.45) is 2.02. The number of para-hydroxylation sites is 1. The molecule has 134 valence electrons. The number of aryl methyl sites for hydroxylation is 1. The number of amides is 1. The number of aromatic nitrogens is 3. The van der Waals surface area contributed by atoms with E-state index < -0.39 is 0 Å². The summed E-state index contributed by atoms with van der Waals surface area (Å²) < 4.78 is 3.33. The number of carbonyl (C=O) groups is 1. The highest BCUT2D eigenvalue weighted by atomic mass is 16.2. The monoisotopic (exact) mass is 358 g/mol. The molecule has 6 heteroatoms. The van der Waals surface area contributed by atoms with Crippen molar-refractivity contribution >= 4 is 22.5 Å². The zero-order valence-corrected chi connectivity index (χ0v) is 14.8. The summed E-state index contributed by atoms with van der Waals surface area (Å²) >= 11 is 0. The first-order chi connectivity index (χ1) is 13.2. The Balaban J connectivity index is 1.65. The van der Waals surface area contributed by atoms with Crippen LogP contribution in [0.3, 0.4) is 0 Å². The molecule has 0 aliphatic carbocycles. The average molecular weight is 358 g/mol. The van der Waals surface area contributed by atoms with Crippen LogP contribution in [0.1, 0.15) is 17.4 Å². The topological polar surface area (TPSA) is 68.9 Å². The number of nitrogens with zero attached hydrogens (tertiary/aromatic N) is 3. The molecule has 0 bridgehead atoms. The van der Waals surface area contributed by atoms with Gasteiger partial charge < -0.3 is 9.88 Å². The SMILES string of the molecule is CCn1ccc2ccc(NC(=O)c3ccc(=O)n(-c4ccccc4)n3)cc21. The Bertz CT molecular complexity index is 1180. The van der Waals surface area contributed by atoms with Crippen molar-refractivity contribution in [3.8, 4) is 5.69 Å². The Morgan fingerprint density at radius 3 is 2.63 bits per heavy atom. The molecule has 1 N–H and O–H groups in total. The molecule has 4 rings (SSSR count). The molecule has 0 saturated carbocycles. The van der Waals surface area contributed by atoms with Crippen LogP contribution in [0, 0.1) is 0 Å². The standard InChI is InChI=1S/C21H18N4O2/c1-2-24-13-12-15-8-9-16(14-19(15)24)22-21(27)18-10-11-20(26)25(23-18)17-6-4-3-5-7-17/h3-14H,2H2,1H3,(H,22,27). The lowest BCUT2D eigenvalue weighted by Crippen LogP contribution is -2.24. The summed E-state index contributed by atoms with van der Waals surface area (Å²) in [5.41, 5.74) is 2.22. The highest BCUT2D eigenvalue weighted by molar-refractivity contribution is 6.03. The Kier molecular flexibility index (Phi) is 4.30. The molecule has 0 aliphatic rings. The lowest BCUT2D eigenvalue weighted by atomic mass is 10.2. The van der Waals surface area contributed by atoms with Gasteiger partial charge in [-0.05, 0) is 48.7 Å². The summed E-state index contributed by atoms with van der Waals surface area (Å²) in [5, 5.41) is 8.19. The van der Waals surface area contributed by atoms with E-state index in [4.69, 9.17) is 0 Å². The first-order valence-corrected chi connectivity index (χ1v) is 8.72. The van der Waals surface area contributed by atoms with Gasteiger partial charge in [0.1, 0.15) is 5.69 Å². The summed E-state index contributed by atoms with van der Waals surface area (Å²) in [5.74, 6) is -0.367. The number of rotatable bonds is 4. The first-order valence-electron chi connectivity index (χ1n) is 8.72. The van der Waals surface area contributed by atoms with Crippen molar-refractivity contribution < 1.29 is 4.79 Å². The van der Waals surface area contributed by atoms with Gasteiger partial charge in [-0.2, -0.15) is 9.78 Å². The van der Waals surface area contributed by atoms with Crippen molar-refractivity contribution in [3.63, 3.8) is 0 Å². The van der Waals surface area contributed by atoms with Crippen LogP contribution in [0.25, 0.3) is 16.6 Å². The number of carbonyl (C=O) groups excluding carboxylic acids is 1. The van der Waals surface area contributed by atoms with E-state index in [0.29, 0.717) is 11.4 Å². The fraction of sp³-hybridized carbons (Fsp3) is 0.0952. The molecule has 1 amide bonds. The van der Waals surface area contributed by atoms with Crippen LogP contribution in [0.15, 0.2) is 77.7 Å². The molecule has 0 aliphatic heterocycles. The van der Waals surface area contributed by atoms with Crippen molar-refractivity contribution in [2.45, 2.75) is 13.5 Å². The second kappa shape index (κ2) is 6.92. The molecule has 2 aromatic heterocycles. The van der Waals surface area contributed by atoms with Gasteiger partial charge in [-0.3, -0.25) is 9.59 Å². The third-order valence-corrected chi connectivity index (χ3v) is 4.41. The summed E-state index contributed by atoms with van der Waals surface area (Å²) in [6.45, 7) is 2.92. The molecule has 0 atom stereocenters. The Morgan fingerprint density at radius 1 is 1.04 bits per heavy atom. The van der Waals surface area contributed by atoms with Crippen molar-refractivity contribution in [2.24, 2.45) is 0 Å². The number of anilines is 1. The van der Waals surface area contributed by atoms with Crippen molar-refractivity contribution in [2.75, 3.05) is 5.32 Å². The molecule has 0 saturated heterocycles. The second-order valence-corrected chi connectivity index (χ2v) is 6.13. The van der Waals surface area contributed by atoms with E-state index in [-0.39, 0.29) is 17.2 Å². The van der Waals surface area contributed by atoms with Crippen LogP contribution >= 0.6 is 0 Å². The zero-order valence-electron chi connectivity index (χ0n) is 14.8. The molecule has 0 fully saturated rings. The number of hydrogen-bond donors (Lipinski definition) is 1. The quantitative estimate of drug-likeness (QED) is 0.607. The minimum Gasteiger partial charge on any atom is -0.348 e. The maximum atomic E-state index is 12.6. The molecular weight excluding hydrogens is 340 g/mol. The van der Waals surface area contributed by atoms with E-state index in [1.54, 1.807) is 12.1 Å². The molecule has 2 aromatic carbocycles. The zero-order chi connectivity index (χ0) is 18.8. The van der Waals surface area contributed by atoms with E-state index in [0.717, 1.165) is 17.4 Å². The number of fused-ring (bicyclic) bond motifs is 1. The third kappa shape index (κ3) is 3.25. The van der Waals surface area contributed by atoms with Crippen molar-refractivity contribution in [3.05, 3.63) is 89.0 Å². The van der Waals surface area contributed by atoms with Crippen LogP contribution in [0.4, 0.5) is 5.69 Å². The van der Waals surface area contributed by atoms with E-state index in [1.165, 1.54) is 16.8 Å². The summed E-state index contributed by atoms with van der Waals surface area (Å²) in [6, 6.07) is 19.6. The Morgan fingerprint density at radius 2 is 1.85 bits per heavy atom. The fourth-order valence-electron chi connectivity index (χ4n) is 3.02. The minimum absolute atomic E-state index is 0.171. The summed E-state index contributed by atoms with van der Waals surface area (Å²) in [4.78, 5) is 24.7. The molecular formula is C21H18N4O2. The Hall–Kier alpha value is -3.67.